The van der Waals surface area contributed by atoms with Crippen molar-refractivity contribution in [2.75, 3.05) is 0 Å². The third kappa shape index (κ3) is 1.64. The molecule has 2 rings (SSSR count). The Hall–Kier alpha value is -1.71. The predicted molar refractivity (Wildman–Crippen MR) is 47.8 cm³/mol. The molecule has 72 valence electrons. The molecule has 0 aliphatic rings. The zero-order valence-corrected chi connectivity index (χ0v) is 7.30. The van der Waals surface area contributed by atoms with Gasteiger partial charge in [-0.25, -0.2) is 13.8 Å². The van der Waals surface area contributed by atoms with E-state index in [2.05, 4.69) is 9.97 Å². The zero-order valence-electron chi connectivity index (χ0n) is 7.30. The molecule has 0 atom stereocenters. The van der Waals surface area contributed by atoms with Crippen LogP contribution in [0.25, 0.3) is 0 Å². The summed E-state index contributed by atoms with van der Waals surface area (Å²) >= 11 is 0. The van der Waals surface area contributed by atoms with Gasteiger partial charge >= 0.3 is 0 Å². The van der Waals surface area contributed by atoms with Gasteiger partial charge in [0, 0.05) is 23.9 Å². The molecular weight excluding hydrogens is 186 g/mol. The zero-order chi connectivity index (χ0) is 9.97. The number of nitrogens with one attached hydrogen (secondary N) is 1. The summed E-state index contributed by atoms with van der Waals surface area (Å²) in [5, 5.41) is 0. The first kappa shape index (κ1) is 8.87. The number of aromatic nitrogens is 2. The van der Waals surface area contributed by atoms with Gasteiger partial charge < -0.3 is 4.98 Å². The molecule has 0 aliphatic heterocycles. The van der Waals surface area contributed by atoms with Gasteiger partial charge in [-0.15, -0.1) is 0 Å². The Morgan fingerprint density at radius 3 is 2.50 bits per heavy atom. The minimum absolute atomic E-state index is 0.0664. The first-order valence-electron chi connectivity index (χ1n) is 4.17. The average molecular weight is 194 g/mol. The van der Waals surface area contributed by atoms with Crippen molar-refractivity contribution in [1.82, 2.24) is 9.97 Å². The lowest BCUT2D eigenvalue weighted by Gasteiger charge is -2.02. The van der Waals surface area contributed by atoms with Crippen LogP contribution in [0.1, 0.15) is 11.3 Å². The molecule has 0 fully saturated rings. The van der Waals surface area contributed by atoms with Crippen LogP contribution < -0.4 is 0 Å². The minimum Gasteiger partial charge on any atom is -0.348 e. The fourth-order valence-electron chi connectivity index (χ4n) is 1.27. The topological polar surface area (TPSA) is 28.7 Å². The van der Waals surface area contributed by atoms with Crippen LogP contribution in [0.3, 0.4) is 0 Å². The van der Waals surface area contributed by atoms with E-state index in [1.807, 2.05) is 0 Å². The van der Waals surface area contributed by atoms with Gasteiger partial charge in [-0.3, -0.25) is 0 Å². The highest BCUT2D eigenvalue weighted by molar-refractivity contribution is 5.24. The smallest absolute Gasteiger partial charge is 0.129 e. The summed E-state index contributed by atoms with van der Waals surface area (Å²) in [4.78, 5) is 6.57. The molecule has 0 aliphatic carbocycles. The molecule has 0 radical (unpaired) electrons. The van der Waals surface area contributed by atoms with Crippen LogP contribution in [0.5, 0.6) is 0 Å². The van der Waals surface area contributed by atoms with Crippen molar-refractivity contribution in [3.63, 3.8) is 0 Å². The van der Waals surface area contributed by atoms with Crippen molar-refractivity contribution in [3.05, 3.63) is 53.6 Å². The van der Waals surface area contributed by atoms with Gasteiger partial charge in [0.2, 0.25) is 0 Å². The molecule has 0 saturated carbocycles. The summed E-state index contributed by atoms with van der Waals surface area (Å²) in [6.07, 6.45) is 3.22. The van der Waals surface area contributed by atoms with Gasteiger partial charge in [-0.2, -0.15) is 0 Å². The molecule has 2 nitrogen and oxygen atoms in total. The van der Waals surface area contributed by atoms with Crippen molar-refractivity contribution in [2.45, 2.75) is 6.42 Å². The quantitative estimate of drug-likeness (QED) is 0.780. The lowest BCUT2D eigenvalue weighted by atomic mass is 10.1. The molecule has 1 aromatic heterocycles. The Kier molecular flexibility index (Phi) is 2.26. The number of aromatic amines is 1. The first-order valence-corrected chi connectivity index (χ1v) is 4.17. The van der Waals surface area contributed by atoms with E-state index in [-0.39, 0.29) is 12.0 Å². The van der Waals surface area contributed by atoms with Crippen molar-refractivity contribution >= 4 is 0 Å². The van der Waals surface area contributed by atoms with Crippen molar-refractivity contribution in [1.29, 1.82) is 0 Å². The molecule has 0 amide bonds. The second kappa shape index (κ2) is 3.57. The van der Waals surface area contributed by atoms with E-state index in [1.165, 1.54) is 24.5 Å². The Bertz CT molecular complexity index is 403. The first-order chi connectivity index (χ1) is 6.77. The maximum atomic E-state index is 13.2. The number of H-pyrrole nitrogens is 1. The summed E-state index contributed by atoms with van der Waals surface area (Å²) in [6.45, 7) is 0. The van der Waals surface area contributed by atoms with Crippen molar-refractivity contribution in [2.24, 2.45) is 0 Å². The van der Waals surface area contributed by atoms with E-state index < -0.39 is 11.6 Å². The minimum atomic E-state index is -0.528. The number of rotatable bonds is 2. The molecule has 14 heavy (non-hydrogen) atoms. The maximum absolute atomic E-state index is 13.2. The summed E-state index contributed by atoms with van der Waals surface area (Å²) in [5.41, 5.74) is 0.755. The second-order valence-electron chi connectivity index (χ2n) is 2.95. The highest BCUT2D eigenvalue weighted by atomic mass is 19.1. The highest BCUT2D eigenvalue weighted by Crippen LogP contribution is 2.15. The monoisotopic (exact) mass is 194 g/mol. The Morgan fingerprint density at radius 2 is 1.93 bits per heavy atom. The van der Waals surface area contributed by atoms with Crippen molar-refractivity contribution in [3.8, 4) is 0 Å². The largest absolute Gasteiger partial charge is 0.348 e. The van der Waals surface area contributed by atoms with Crippen LogP contribution in [-0.4, -0.2) is 9.97 Å². The number of hydrogen-bond donors (Lipinski definition) is 1. The molecule has 2 aromatic rings. The van der Waals surface area contributed by atoms with Gasteiger partial charge in [0.05, 0.1) is 6.33 Å². The maximum Gasteiger partial charge on any atom is 0.129 e. The van der Waals surface area contributed by atoms with Crippen LogP contribution >= 0.6 is 0 Å². The number of nitrogens with zero attached hydrogens (tertiary/aromatic N) is 1. The van der Waals surface area contributed by atoms with Crippen LogP contribution in [0.4, 0.5) is 8.78 Å². The fourth-order valence-corrected chi connectivity index (χ4v) is 1.27. The molecule has 1 N–H and O–H groups in total. The molecule has 4 heteroatoms. The lowest BCUT2D eigenvalue weighted by molar-refractivity contribution is 0.560. The molecule has 0 unspecified atom stereocenters. The summed E-state index contributed by atoms with van der Waals surface area (Å²) in [6, 6.07) is 3.84. The molecule has 0 saturated heterocycles. The Balaban J connectivity index is 2.33. The standard InChI is InChI=1S/C10H8F2N2/c11-9-2-1-3-10(12)8(9)4-7-5-13-6-14-7/h1-3,5-6H,4H2,(H,13,14). The normalized spacial score (nSPS) is 10.4. The highest BCUT2D eigenvalue weighted by Gasteiger charge is 2.09. The van der Waals surface area contributed by atoms with E-state index >= 15 is 0 Å². The van der Waals surface area contributed by atoms with Crippen LogP contribution in [0.2, 0.25) is 0 Å². The summed E-state index contributed by atoms with van der Waals surface area (Å²) in [5.74, 6) is -1.06. The molecule has 0 bridgehead atoms. The number of hydrogen-bond acceptors (Lipinski definition) is 1. The van der Waals surface area contributed by atoms with Gasteiger partial charge in [0.15, 0.2) is 0 Å². The van der Waals surface area contributed by atoms with E-state index in [4.69, 9.17) is 0 Å². The third-order valence-corrected chi connectivity index (χ3v) is 1.98. The fraction of sp³-hybridized carbons (Fsp3) is 0.100. The Labute approximate surface area is 79.6 Å². The van der Waals surface area contributed by atoms with Gasteiger partial charge in [0.25, 0.3) is 0 Å². The molecule has 1 heterocycles. The van der Waals surface area contributed by atoms with E-state index in [0.717, 1.165) is 0 Å². The molecule has 1 aromatic carbocycles. The van der Waals surface area contributed by atoms with E-state index in [9.17, 15) is 8.78 Å². The lowest BCUT2D eigenvalue weighted by Crippen LogP contribution is -1.96. The summed E-state index contributed by atoms with van der Waals surface area (Å²) in [7, 11) is 0. The molecule has 0 spiro atoms. The van der Waals surface area contributed by atoms with Crippen LogP contribution in [0, 0.1) is 11.6 Å². The van der Waals surface area contributed by atoms with Crippen molar-refractivity contribution < 1.29 is 8.78 Å². The Morgan fingerprint density at radius 1 is 1.21 bits per heavy atom. The second-order valence-corrected chi connectivity index (χ2v) is 2.95. The van der Waals surface area contributed by atoms with Gasteiger partial charge in [-0.1, -0.05) is 6.07 Å². The summed E-state index contributed by atoms with van der Waals surface area (Å²) < 4.78 is 26.3. The van der Waals surface area contributed by atoms with Gasteiger partial charge in [0.1, 0.15) is 11.6 Å². The van der Waals surface area contributed by atoms with Crippen LogP contribution in [-0.2, 0) is 6.42 Å². The third-order valence-electron chi connectivity index (χ3n) is 1.98. The molecular formula is C10H8F2N2. The van der Waals surface area contributed by atoms with Crippen LogP contribution in [0.15, 0.2) is 30.7 Å². The van der Waals surface area contributed by atoms with E-state index in [1.54, 1.807) is 6.20 Å². The van der Waals surface area contributed by atoms with Gasteiger partial charge in [-0.05, 0) is 12.1 Å². The number of benzene rings is 1. The SMILES string of the molecule is Fc1cccc(F)c1Cc1cnc[nH]1. The average Bonchev–Trinajstić information content (AvgIpc) is 2.64. The predicted octanol–water partition coefficient (Wildman–Crippen LogP) is 2.28. The van der Waals surface area contributed by atoms with E-state index in [0.29, 0.717) is 5.69 Å². The number of halogens is 2. The number of imidazole rings is 1.